The van der Waals surface area contributed by atoms with E-state index in [-0.39, 0.29) is 5.92 Å². The zero-order valence-electron chi connectivity index (χ0n) is 15.7. The second-order valence-electron chi connectivity index (χ2n) is 7.10. The average molecular weight is 364 g/mol. The van der Waals surface area contributed by atoms with Crippen LogP contribution in [0.25, 0.3) is 11.5 Å². The van der Waals surface area contributed by atoms with E-state index in [0.717, 1.165) is 55.6 Å². The molecule has 4 rings (SSSR count). The lowest BCUT2D eigenvalue weighted by molar-refractivity contribution is 0.246. The molecule has 0 radical (unpaired) electrons. The maximum Gasteiger partial charge on any atom is 0.259 e. The Kier molecular flexibility index (Phi) is 5.11. The van der Waals surface area contributed by atoms with E-state index in [1.54, 1.807) is 0 Å². The van der Waals surface area contributed by atoms with E-state index in [2.05, 4.69) is 36.0 Å². The van der Waals surface area contributed by atoms with E-state index in [4.69, 9.17) is 4.52 Å². The number of rotatable bonds is 5. The summed E-state index contributed by atoms with van der Waals surface area (Å²) in [5, 5.41) is 4.01. The van der Waals surface area contributed by atoms with Crippen molar-refractivity contribution < 1.29 is 4.52 Å². The number of hydrogen-bond acceptors (Lipinski definition) is 7. The highest BCUT2D eigenvalue weighted by Gasteiger charge is 2.19. The van der Waals surface area contributed by atoms with E-state index in [1.807, 2.05) is 50.5 Å². The van der Waals surface area contributed by atoms with E-state index in [1.165, 1.54) is 0 Å². The number of piperazine rings is 1. The Balaban J connectivity index is 1.36. The van der Waals surface area contributed by atoms with Gasteiger partial charge in [0.15, 0.2) is 5.82 Å². The molecule has 0 spiro atoms. The summed E-state index contributed by atoms with van der Waals surface area (Å²) in [7, 11) is 0. The van der Waals surface area contributed by atoms with Crippen molar-refractivity contribution in [3.05, 3.63) is 54.2 Å². The number of aromatic nitrogens is 4. The van der Waals surface area contributed by atoms with Crippen LogP contribution in [0.1, 0.15) is 31.3 Å². The highest BCUT2D eigenvalue weighted by atomic mass is 16.5. The van der Waals surface area contributed by atoms with Crippen LogP contribution in [0.3, 0.4) is 0 Å². The standard InChI is InChI=1S/C20H24N6O/c1-15(2)19-23-20(27-24-19)16-6-7-18(22-13-16)26-11-9-25(10-12-26)14-17-5-3-4-8-21-17/h3-8,13,15H,9-12,14H2,1-2H3. The van der Waals surface area contributed by atoms with Crippen molar-refractivity contribution in [3.8, 4) is 11.5 Å². The third kappa shape index (κ3) is 4.14. The largest absolute Gasteiger partial charge is 0.354 e. The molecule has 0 atom stereocenters. The van der Waals surface area contributed by atoms with Gasteiger partial charge in [-0.05, 0) is 24.3 Å². The quantitative estimate of drug-likeness (QED) is 0.689. The summed E-state index contributed by atoms with van der Waals surface area (Å²) in [6, 6.07) is 10.1. The molecule has 0 amide bonds. The molecule has 1 saturated heterocycles. The van der Waals surface area contributed by atoms with Gasteiger partial charge in [-0.25, -0.2) is 4.98 Å². The Hall–Kier alpha value is -2.80. The Morgan fingerprint density at radius 1 is 1.04 bits per heavy atom. The molecule has 1 fully saturated rings. The fourth-order valence-electron chi connectivity index (χ4n) is 3.14. The number of pyridine rings is 2. The summed E-state index contributed by atoms with van der Waals surface area (Å²) < 4.78 is 5.34. The van der Waals surface area contributed by atoms with E-state index < -0.39 is 0 Å². The van der Waals surface area contributed by atoms with Crippen LogP contribution in [-0.4, -0.2) is 51.2 Å². The van der Waals surface area contributed by atoms with Gasteiger partial charge in [0.2, 0.25) is 0 Å². The Bertz CT molecular complexity index is 854. The molecule has 3 aromatic heterocycles. The van der Waals surface area contributed by atoms with E-state index >= 15 is 0 Å². The third-order valence-electron chi connectivity index (χ3n) is 4.76. The predicted molar refractivity (Wildman–Crippen MR) is 103 cm³/mol. The first kappa shape index (κ1) is 17.6. The first-order chi connectivity index (χ1) is 13.2. The lowest BCUT2D eigenvalue weighted by atomic mass is 10.2. The van der Waals surface area contributed by atoms with Gasteiger partial charge in [0.25, 0.3) is 5.89 Å². The maximum atomic E-state index is 5.34. The molecule has 0 bridgehead atoms. The molecular weight excluding hydrogens is 340 g/mol. The minimum atomic E-state index is 0.247. The van der Waals surface area contributed by atoms with Gasteiger partial charge >= 0.3 is 0 Å². The van der Waals surface area contributed by atoms with Crippen LogP contribution in [0.5, 0.6) is 0 Å². The summed E-state index contributed by atoms with van der Waals surface area (Å²) >= 11 is 0. The molecule has 0 saturated carbocycles. The zero-order valence-corrected chi connectivity index (χ0v) is 15.7. The summed E-state index contributed by atoms with van der Waals surface area (Å²) in [5.41, 5.74) is 1.97. The van der Waals surface area contributed by atoms with Gasteiger partial charge in [-0.2, -0.15) is 4.98 Å². The van der Waals surface area contributed by atoms with Gasteiger partial charge in [-0.1, -0.05) is 25.1 Å². The van der Waals surface area contributed by atoms with Crippen LogP contribution in [0.15, 0.2) is 47.2 Å². The molecule has 3 aromatic rings. The van der Waals surface area contributed by atoms with Crippen LogP contribution < -0.4 is 4.90 Å². The van der Waals surface area contributed by atoms with Crippen molar-refractivity contribution in [2.45, 2.75) is 26.3 Å². The summed E-state index contributed by atoms with van der Waals surface area (Å²) in [6.07, 6.45) is 3.66. The smallest absolute Gasteiger partial charge is 0.259 e. The molecule has 7 nitrogen and oxygen atoms in total. The second-order valence-corrected chi connectivity index (χ2v) is 7.10. The van der Waals surface area contributed by atoms with Crippen LogP contribution in [0.4, 0.5) is 5.82 Å². The molecular formula is C20H24N6O. The zero-order chi connectivity index (χ0) is 18.6. The van der Waals surface area contributed by atoms with Gasteiger partial charge < -0.3 is 9.42 Å². The molecule has 4 heterocycles. The van der Waals surface area contributed by atoms with Crippen molar-refractivity contribution in [2.24, 2.45) is 0 Å². The van der Waals surface area contributed by atoms with Crippen LogP contribution in [-0.2, 0) is 6.54 Å². The molecule has 0 unspecified atom stereocenters. The number of anilines is 1. The number of hydrogen-bond donors (Lipinski definition) is 0. The topological polar surface area (TPSA) is 71.2 Å². The number of nitrogens with zero attached hydrogens (tertiary/aromatic N) is 6. The highest BCUT2D eigenvalue weighted by molar-refractivity contribution is 5.54. The lowest BCUT2D eigenvalue weighted by Gasteiger charge is -2.35. The average Bonchev–Trinajstić information content (AvgIpc) is 3.20. The first-order valence-electron chi connectivity index (χ1n) is 9.36. The van der Waals surface area contributed by atoms with Crippen LogP contribution >= 0.6 is 0 Å². The van der Waals surface area contributed by atoms with Crippen molar-refractivity contribution in [1.82, 2.24) is 25.0 Å². The first-order valence-corrected chi connectivity index (χ1v) is 9.36. The monoisotopic (exact) mass is 364 g/mol. The Morgan fingerprint density at radius 3 is 2.52 bits per heavy atom. The molecule has 0 aromatic carbocycles. The molecule has 140 valence electrons. The molecule has 1 aliphatic heterocycles. The van der Waals surface area contributed by atoms with Gasteiger partial charge in [0.05, 0.1) is 11.3 Å². The highest BCUT2D eigenvalue weighted by Crippen LogP contribution is 2.22. The second kappa shape index (κ2) is 7.84. The van der Waals surface area contributed by atoms with Gasteiger partial charge in [-0.15, -0.1) is 0 Å². The van der Waals surface area contributed by atoms with Crippen molar-refractivity contribution in [1.29, 1.82) is 0 Å². The predicted octanol–water partition coefficient (Wildman–Crippen LogP) is 2.97. The van der Waals surface area contributed by atoms with Gasteiger partial charge in [-0.3, -0.25) is 9.88 Å². The Labute approximate surface area is 159 Å². The molecule has 7 heteroatoms. The molecule has 0 aliphatic carbocycles. The molecule has 1 aliphatic rings. The fraction of sp³-hybridized carbons (Fsp3) is 0.400. The summed E-state index contributed by atoms with van der Waals surface area (Å²) in [4.78, 5) is 18.2. The summed E-state index contributed by atoms with van der Waals surface area (Å²) in [6.45, 7) is 8.90. The molecule has 27 heavy (non-hydrogen) atoms. The lowest BCUT2D eigenvalue weighted by Crippen LogP contribution is -2.46. The maximum absolute atomic E-state index is 5.34. The minimum absolute atomic E-state index is 0.247. The van der Waals surface area contributed by atoms with Crippen LogP contribution in [0.2, 0.25) is 0 Å². The van der Waals surface area contributed by atoms with Crippen LogP contribution in [0, 0.1) is 0 Å². The van der Waals surface area contributed by atoms with Crippen molar-refractivity contribution in [3.63, 3.8) is 0 Å². The SMILES string of the molecule is CC(C)c1noc(-c2ccc(N3CCN(Cc4ccccn4)CC3)nc2)n1. The van der Waals surface area contributed by atoms with Gasteiger partial charge in [0.1, 0.15) is 5.82 Å². The Morgan fingerprint density at radius 2 is 1.89 bits per heavy atom. The third-order valence-corrected chi connectivity index (χ3v) is 4.76. The van der Waals surface area contributed by atoms with Crippen molar-refractivity contribution in [2.75, 3.05) is 31.1 Å². The molecule has 0 N–H and O–H groups in total. The van der Waals surface area contributed by atoms with E-state index in [0.29, 0.717) is 5.89 Å². The summed E-state index contributed by atoms with van der Waals surface area (Å²) in [5.74, 6) is 2.48. The minimum Gasteiger partial charge on any atom is -0.354 e. The fourth-order valence-corrected chi connectivity index (χ4v) is 3.14. The van der Waals surface area contributed by atoms with Crippen molar-refractivity contribution >= 4 is 5.82 Å². The van der Waals surface area contributed by atoms with Gasteiger partial charge in [0, 0.05) is 51.0 Å². The van der Waals surface area contributed by atoms with E-state index in [9.17, 15) is 0 Å². The normalized spacial score (nSPS) is 15.4.